The number of hydrogen-bond acceptors (Lipinski definition) is 4. The summed E-state index contributed by atoms with van der Waals surface area (Å²) in [6, 6.07) is 16.4. The molecule has 1 spiro atoms. The Morgan fingerprint density at radius 3 is 2.68 bits per heavy atom. The predicted octanol–water partition coefficient (Wildman–Crippen LogP) is 2.44. The first-order valence-electron chi connectivity index (χ1n) is 10.5. The number of para-hydroxylation sites is 1. The van der Waals surface area contributed by atoms with Crippen LogP contribution >= 0.6 is 0 Å². The third kappa shape index (κ3) is 2.47. The molecule has 0 bridgehead atoms. The molecular formula is C24H21N3O4. The number of likely N-dealkylation sites (tertiary alicyclic amines) is 1. The Labute approximate surface area is 178 Å². The number of rotatable bonds is 2. The zero-order valence-corrected chi connectivity index (χ0v) is 16.8. The maximum Gasteiger partial charge on any atom is 0.259 e. The molecule has 3 aromatic rings. The van der Waals surface area contributed by atoms with Crippen LogP contribution in [0.5, 0.6) is 0 Å². The van der Waals surface area contributed by atoms with Gasteiger partial charge in [0.05, 0.1) is 25.1 Å². The van der Waals surface area contributed by atoms with Gasteiger partial charge in [-0.2, -0.15) is 0 Å². The van der Waals surface area contributed by atoms with Crippen LogP contribution in [0.15, 0.2) is 65.6 Å². The number of aromatic amines is 1. The lowest BCUT2D eigenvalue weighted by molar-refractivity contribution is -0.138. The molecule has 2 aromatic carbocycles. The Balaban J connectivity index is 1.35. The van der Waals surface area contributed by atoms with Gasteiger partial charge >= 0.3 is 0 Å². The number of nitrogens with zero attached hydrogens (tertiary/aromatic N) is 2. The van der Waals surface area contributed by atoms with Gasteiger partial charge in [-0.25, -0.2) is 0 Å². The van der Waals surface area contributed by atoms with Gasteiger partial charge in [-0.05, 0) is 17.7 Å². The van der Waals surface area contributed by atoms with Crippen molar-refractivity contribution < 1.29 is 14.3 Å². The van der Waals surface area contributed by atoms with Gasteiger partial charge < -0.3 is 19.5 Å². The molecular weight excluding hydrogens is 394 g/mol. The van der Waals surface area contributed by atoms with E-state index in [1.165, 1.54) is 6.20 Å². The first-order valence-corrected chi connectivity index (χ1v) is 10.5. The van der Waals surface area contributed by atoms with E-state index >= 15 is 0 Å². The summed E-state index contributed by atoms with van der Waals surface area (Å²) in [6.45, 7) is 0.853. The largest absolute Gasteiger partial charge is 0.360 e. The molecule has 3 aliphatic rings. The van der Waals surface area contributed by atoms with Crippen molar-refractivity contribution in [2.75, 3.05) is 13.2 Å². The average molecular weight is 415 g/mol. The minimum atomic E-state index is -0.809. The molecule has 7 heteroatoms. The highest BCUT2D eigenvalue weighted by Crippen LogP contribution is 2.51. The summed E-state index contributed by atoms with van der Waals surface area (Å²) in [7, 11) is 0. The molecule has 2 amide bonds. The number of benzene rings is 2. The van der Waals surface area contributed by atoms with Gasteiger partial charge in [0, 0.05) is 30.1 Å². The summed E-state index contributed by atoms with van der Waals surface area (Å²) in [5.74, 6) is -0.364. The van der Waals surface area contributed by atoms with Gasteiger partial charge in [0.15, 0.2) is 5.72 Å². The molecule has 156 valence electrons. The van der Waals surface area contributed by atoms with E-state index in [1.807, 2.05) is 41.3 Å². The zero-order chi connectivity index (χ0) is 21.2. The maximum absolute atomic E-state index is 13.4. The lowest BCUT2D eigenvalue weighted by atomic mass is 10.0. The summed E-state index contributed by atoms with van der Waals surface area (Å²) in [5.41, 5.74) is 0.713. The Kier molecular flexibility index (Phi) is 3.86. The standard InChI is InChI=1S/C24H21N3O4/c28-21-12-20-24(27(21)19(14-31-24)15-6-2-1-3-7-15)10-11-26(20)23(30)17-13-25-18-9-5-4-8-16(18)22(17)29/h1-9,13,19-20H,10-12,14H2,(H,25,29)/t19-,20+,24-/m0/s1. The fraction of sp³-hybridized carbons (Fsp3) is 0.292. The van der Waals surface area contributed by atoms with E-state index < -0.39 is 11.8 Å². The Hall–Kier alpha value is -3.45. The van der Waals surface area contributed by atoms with Crippen LogP contribution in [0.1, 0.15) is 34.8 Å². The van der Waals surface area contributed by atoms with Crippen molar-refractivity contribution in [2.24, 2.45) is 0 Å². The van der Waals surface area contributed by atoms with Crippen molar-refractivity contribution in [2.45, 2.75) is 30.7 Å². The monoisotopic (exact) mass is 415 g/mol. The molecule has 1 aromatic heterocycles. The Morgan fingerprint density at radius 1 is 1.06 bits per heavy atom. The quantitative estimate of drug-likeness (QED) is 0.697. The van der Waals surface area contributed by atoms with Crippen LogP contribution in [0.2, 0.25) is 0 Å². The fourth-order valence-electron chi connectivity index (χ4n) is 5.49. The van der Waals surface area contributed by atoms with Crippen LogP contribution in [-0.4, -0.2) is 51.5 Å². The van der Waals surface area contributed by atoms with Crippen LogP contribution in [0, 0.1) is 0 Å². The van der Waals surface area contributed by atoms with Crippen LogP contribution in [0.3, 0.4) is 0 Å². The number of hydrogen-bond donors (Lipinski definition) is 1. The average Bonchev–Trinajstić information content (AvgIpc) is 3.43. The first kappa shape index (κ1) is 18.3. The normalized spacial score (nSPS) is 27.0. The van der Waals surface area contributed by atoms with E-state index in [4.69, 9.17) is 4.74 Å². The number of H-pyrrole nitrogens is 1. The minimum absolute atomic E-state index is 0.0127. The van der Waals surface area contributed by atoms with Crippen LogP contribution in [-0.2, 0) is 9.53 Å². The van der Waals surface area contributed by atoms with E-state index in [0.717, 1.165) is 5.56 Å². The highest BCUT2D eigenvalue weighted by molar-refractivity contribution is 5.98. The maximum atomic E-state index is 13.4. The van der Waals surface area contributed by atoms with Gasteiger partial charge in [0.25, 0.3) is 5.91 Å². The highest BCUT2D eigenvalue weighted by Gasteiger charge is 2.65. The minimum Gasteiger partial charge on any atom is -0.360 e. The number of amides is 2. The van der Waals surface area contributed by atoms with E-state index in [0.29, 0.717) is 30.5 Å². The van der Waals surface area contributed by atoms with Gasteiger partial charge in [0.2, 0.25) is 11.3 Å². The molecule has 0 aliphatic carbocycles. The molecule has 0 saturated carbocycles. The van der Waals surface area contributed by atoms with Crippen LogP contribution in [0.25, 0.3) is 10.9 Å². The molecule has 1 N–H and O–H groups in total. The molecule has 7 nitrogen and oxygen atoms in total. The molecule has 3 fully saturated rings. The topological polar surface area (TPSA) is 82.7 Å². The number of pyridine rings is 1. The number of ether oxygens (including phenoxy) is 1. The molecule has 0 unspecified atom stereocenters. The zero-order valence-electron chi connectivity index (χ0n) is 16.8. The van der Waals surface area contributed by atoms with Gasteiger partial charge in [-0.3, -0.25) is 14.4 Å². The number of carbonyl (C=O) groups is 2. The molecule has 6 rings (SSSR count). The van der Waals surface area contributed by atoms with E-state index in [2.05, 4.69) is 4.98 Å². The second-order valence-electron chi connectivity index (χ2n) is 8.39. The lowest BCUT2D eigenvalue weighted by Crippen LogP contribution is -2.49. The smallest absolute Gasteiger partial charge is 0.259 e. The van der Waals surface area contributed by atoms with Gasteiger partial charge in [-0.15, -0.1) is 0 Å². The van der Waals surface area contributed by atoms with E-state index in [9.17, 15) is 14.4 Å². The third-order valence-electron chi connectivity index (χ3n) is 6.92. The van der Waals surface area contributed by atoms with Gasteiger partial charge in [0.1, 0.15) is 5.56 Å². The summed E-state index contributed by atoms with van der Waals surface area (Å²) in [4.78, 5) is 46.0. The lowest BCUT2D eigenvalue weighted by Gasteiger charge is -2.33. The Morgan fingerprint density at radius 2 is 1.84 bits per heavy atom. The van der Waals surface area contributed by atoms with Crippen molar-refractivity contribution >= 4 is 22.7 Å². The number of aromatic nitrogens is 1. The van der Waals surface area contributed by atoms with Crippen LogP contribution in [0.4, 0.5) is 0 Å². The summed E-state index contributed by atoms with van der Waals surface area (Å²) >= 11 is 0. The second-order valence-corrected chi connectivity index (χ2v) is 8.39. The van der Waals surface area contributed by atoms with E-state index in [-0.39, 0.29) is 35.3 Å². The van der Waals surface area contributed by atoms with Crippen molar-refractivity contribution in [1.29, 1.82) is 0 Å². The summed E-state index contributed by atoms with van der Waals surface area (Å²) in [5, 5.41) is 0.479. The molecule has 0 radical (unpaired) electrons. The van der Waals surface area contributed by atoms with Crippen molar-refractivity contribution in [3.63, 3.8) is 0 Å². The molecule has 4 heterocycles. The first-order chi connectivity index (χ1) is 15.1. The summed E-state index contributed by atoms with van der Waals surface area (Å²) in [6.07, 6.45) is 2.24. The molecule has 3 aliphatic heterocycles. The van der Waals surface area contributed by atoms with Gasteiger partial charge in [-0.1, -0.05) is 42.5 Å². The van der Waals surface area contributed by atoms with Crippen molar-refractivity contribution in [3.8, 4) is 0 Å². The SMILES string of the molecule is O=C(c1c[nH]c2ccccc2c1=O)N1CC[C@@]23OC[C@@H](c4ccccc4)N2C(=O)C[C@@H]13. The third-order valence-corrected chi connectivity index (χ3v) is 6.92. The summed E-state index contributed by atoms with van der Waals surface area (Å²) < 4.78 is 6.27. The molecule has 3 atom stereocenters. The van der Waals surface area contributed by atoms with Crippen molar-refractivity contribution in [1.82, 2.24) is 14.8 Å². The second kappa shape index (κ2) is 6.52. The molecule has 31 heavy (non-hydrogen) atoms. The highest BCUT2D eigenvalue weighted by atomic mass is 16.5. The number of nitrogens with one attached hydrogen (secondary N) is 1. The van der Waals surface area contributed by atoms with Crippen molar-refractivity contribution in [3.05, 3.63) is 82.1 Å². The fourth-order valence-corrected chi connectivity index (χ4v) is 5.49. The number of carbonyl (C=O) groups excluding carboxylic acids is 2. The Bertz CT molecular complexity index is 1270. The van der Waals surface area contributed by atoms with E-state index in [1.54, 1.807) is 23.1 Å². The molecule has 3 saturated heterocycles. The van der Waals surface area contributed by atoms with Crippen LogP contribution < -0.4 is 5.43 Å². The number of fused-ring (bicyclic) bond motifs is 1. The predicted molar refractivity (Wildman–Crippen MR) is 113 cm³/mol.